The van der Waals surface area contributed by atoms with E-state index in [1.165, 1.54) is 11.0 Å². The van der Waals surface area contributed by atoms with Crippen molar-refractivity contribution in [3.8, 4) is 0 Å². The number of urea groups is 1. The van der Waals surface area contributed by atoms with E-state index in [1.807, 2.05) is 36.2 Å². The second-order valence-electron chi connectivity index (χ2n) is 8.61. The number of hydrogen-bond donors (Lipinski definition) is 1. The highest BCUT2D eigenvalue weighted by Crippen LogP contribution is 2.32. The number of carbonyl (C=O) groups is 2. The third-order valence-corrected chi connectivity index (χ3v) is 6.06. The Morgan fingerprint density at radius 1 is 0.889 bits per heavy atom. The number of amides is 3. The van der Waals surface area contributed by atoms with Gasteiger partial charge < -0.3 is 20.0 Å². The lowest BCUT2D eigenvalue weighted by Crippen LogP contribution is -2.51. The number of halogens is 3. The highest BCUT2D eigenvalue weighted by atomic mass is 19.4. The number of aromatic nitrogens is 1. The SMILES string of the molecule is Cc1cc(NC(=O)N2CCN(C(=O)c3ccc(N(C)c4ccncc4)cc3)CC2)cc(C(F)(F)F)c1. The molecule has 36 heavy (non-hydrogen) atoms. The van der Waals surface area contributed by atoms with Crippen LogP contribution in [0.4, 0.5) is 35.0 Å². The number of nitrogens with zero attached hydrogens (tertiary/aromatic N) is 4. The van der Waals surface area contributed by atoms with Crippen molar-refractivity contribution >= 4 is 29.0 Å². The first-order valence-corrected chi connectivity index (χ1v) is 11.4. The van der Waals surface area contributed by atoms with Crippen molar-refractivity contribution in [1.82, 2.24) is 14.8 Å². The Morgan fingerprint density at radius 3 is 2.08 bits per heavy atom. The number of aryl methyl sites for hydroxylation is 1. The van der Waals surface area contributed by atoms with Crippen molar-refractivity contribution in [3.63, 3.8) is 0 Å². The molecule has 0 atom stereocenters. The van der Waals surface area contributed by atoms with E-state index in [0.717, 1.165) is 23.5 Å². The summed E-state index contributed by atoms with van der Waals surface area (Å²) in [5, 5.41) is 2.55. The maximum atomic E-state index is 13.1. The van der Waals surface area contributed by atoms with E-state index < -0.39 is 17.8 Å². The molecule has 10 heteroatoms. The van der Waals surface area contributed by atoms with Gasteiger partial charge in [0.2, 0.25) is 0 Å². The van der Waals surface area contributed by atoms with E-state index in [2.05, 4.69) is 10.3 Å². The van der Waals surface area contributed by atoms with Gasteiger partial charge in [0.1, 0.15) is 0 Å². The van der Waals surface area contributed by atoms with Crippen molar-refractivity contribution in [2.45, 2.75) is 13.1 Å². The lowest BCUT2D eigenvalue weighted by molar-refractivity contribution is -0.137. The maximum Gasteiger partial charge on any atom is 0.416 e. The largest absolute Gasteiger partial charge is 0.416 e. The van der Waals surface area contributed by atoms with E-state index in [9.17, 15) is 22.8 Å². The summed E-state index contributed by atoms with van der Waals surface area (Å²) in [5.74, 6) is -0.137. The van der Waals surface area contributed by atoms with Gasteiger partial charge in [-0.05, 0) is 67.1 Å². The topological polar surface area (TPSA) is 68.8 Å². The van der Waals surface area contributed by atoms with E-state index in [-0.39, 0.29) is 24.7 Å². The van der Waals surface area contributed by atoms with Crippen LogP contribution in [-0.4, -0.2) is 59.9 Å². The molecule has 1 aromatic heterocycles. The van der Waals surface area contributed by atoms with E-state index in [0.29, 0.717) is 24.2 Å². The first-order chi connectivity index (χ1) is 17.1. The van der Waals surface area contributed by atoms with Gasteiger partial charge >= 0.3 is 12.2 Å². The third kappa shape index (κ3) is 5.76. The molecule has 0 bridgehead atoms. The molecule has 0 radical (unpaired) electrons. The molecule has 188 valence electrons. The Bertz CT molecular complexity index is 1220. The highest BCUT2D eigenvalue weighted by molar-refractivity contribution is 5.95. The zero-order valence-electron chi connectivity index (χ0n) is 19.9. The molecule has 1 N–H and O–H groups in total. The Hall–Kier alpha value is -4.08. The number of pyridine rings is 1. The second-order valence-corrected chi connectivity index (χ2v) is 8.61. The summed E-state index contributed by atoms with van der Waals surface area (Å²) in [6, 6.07) is 14.0. The second kappa shape index (κ2) is 10.3. The predicted octanol–water partition coefficient (Wildman–Crippen LogP) is 5.17. The van der Waals surface area contributed by atoms with E-state index in [4.69, 9.17) is 0 Å². The first kappa shape index (κ1) is 25.0. The number of hydrogen-bond acceptors (Lipinski definition) is 4. The molecule has 1 saturated heterocycles. The lowest BCUT2D eigenvalue weighted by Gasteiger charge is -2.34. The van der Waals surface area contributed by atoms with Crippen LogP contribution < -0.4 is 10.2 Å². The van der Waals surface area contributed by atoms with Gasteiger partial charge in [-0.25, -0.2) is 4.79 Å². The number of anilines is 3. The van der Waals surface area contributed by atoms with E-state index in [1.54, 1.807) is 36.4 Å². The molecule has 2 aromatic carbocycles. The number of alkyl halides is 3. The summed E-state index contributed by atoms with van der Waals surface area (Å²) in [7, 11) is 1.93. The van der Waals surface area contributed by atoms with Crippen LogP contribution in [0, 0.1) is 6.92 Å². The fraction of sp³-hybridized carbons (Fsp3) is 0.269. The zero-order chi connectivity index (χ0) is 25.9. The minimum Gasteiger partial charge on any atom is -0.345 e. The molecule has 7 nitrogen and oxygen atoms in total. The minimum absolute atomic E-state index is 0.0858. The van der Waals surface area contributed by atoms with Gasteiger partial charge in [0.05, 0.1) is 5.56 Å². The minimum atomic E-state index is -4.50. The van der Waals surface area contributed by atoms with Gasteiger partial charge in [-0.2, -0.15) is 13.2 Å². The molecule has 1 fully saturated rings. The molecule has 2 heterocycles. The predicted molar refractivity (Wildman–Crippen MR) is 131 cm³/mol. The molecule has 1 aliphatic heterocycles. The van der Waals surface area contributed by atoms with Crippen molar-refractivity contribution in [2.24, 2.45) is 0 Å². The van der Waals surface area contributed by atoms with Crippen molar-refractivity contribution in [3.05, 3.63) is 83.7 Å². The molecule has 0 aliphatic carbocycles. The molecule has 4 rings (SSSR count). The molecule has 1 aliphatic rings. The summed E-state index contributed by atoms with van der Waals surface area (Å²) < 4.78 is 39.2. The Labute approximate surface area is 207 Å². The van der Waals surface area contributed by atoms with Crippen LogP contribution >= 0.6 is 0 Å². The summed E-state index contributed by atoms with van der Waals surface area (Å²) in [6.07, 6.45) is -1.07. The van der Waals surface area contributed by atoms with Crippen molar-refractivity contribution < 1.29 is 22.8 Å². The molecular formula is C26H26F3N5O2. The molecule has 3 aromatic rings. The van der Waals surface area contributed by atoms with E-state index >= 15 is 0 Å². The molecular weight excluding hydrogens is 471 g/mol. The number of benzene rings is 2. The smallest absolute Gasteiger partial charge is 0.345 e. The van der Waals surface area contributed by atoms with Gasteiger partial charge in [-0.15, -0.1) is 0 Å². The van der Waals surface area contributed by atoms with Crippen LogP contribution in [-0.2, 0) is 6.18 Å². The van der Waals surface area contributed by atoms with Crippen LogP contribution in [0.5, 0.6) is 0 Å². The maximum absolute atomic E-state index is 13.1. The first-order valence-electron chi connectivity index (χ1n) is 11.4. The number of carbonyl (C=O) groups excluding carboxylic acids is 2. The molecule has 0 saturated carbocycles. The quantitative estimate of drug-likeness (QED) is 0.540. The third-order valence-electron chi connectivity index (χ3n) is 6.06. The molecule has 3 amide bonds. The summed E-state index contributed by atoms with van der Waals surface area (Å²) >= 11 is 0. The van der Waals surface area contributed by atoms with Crippen molar-refractivity contribution in [1.29, 1.82) is 0 Å². The number of piperazine rings is 1. The summed E-state index contributed by atoms with van der Waals surface area (Å²) in [4.78, 5) is 34.8. The van der Waals surface area contributed by atoms with Gasteiger partial charge in [0.25, 0.3) is 5.91 Å². The average Bonchev–Trinajstić information content (AvgIpc) is 2.87. The molecule has 0 unspecified atom stereocenters. The zero-order valence-corrected chi connectivity index (χ0v) is 19.9. The van der Waals surface area contributed by atoms with Gasteiger partial charge in [0, 0.05) is 68.2 Å². The lowest BCUT2D eigenvalue weighted by atomic mass is 10.1. The van der Waals surface area contributed by atoms with Crippen LogP contribution in [0.2, 0.25) is 0 Å². The summed E-state index contributed by atoms with van der Waals surface area (Å²) in [6.45, 7) is 2.74. The average molecular weight is 498 g/mol. The van der Waals surface area contributed by atoms with Gasteiger partial charge in [-0.1, -0.05) is 0 Å². The Morgan fingerprint density at radius 2 is 1.47 bits per heavy atom. The van der Waals surface area contributed by atoms with Gasteiger partial charge in [-0.3, -0.25) is 9.78 Å². The standard InChI is InChI=1S/C26H26F3N5O2/c1-18-15-20(26(27,28)29)17-21(16-18)31-25(36)34-13-11-33(12-14-34)24(35)19-3-5-22(6-4-19)32(2)23-7-9-30-10-8-23/h3-10,15-17H,11-14H2,1-2H3,(H,31,36). The number of nitrogens with one attached hydrogen (secondary N) is 1. The Balaban J connectivity index is 1.33. The monoisotopic (exact) mass is 497 g/mol. The van der Waals surface area contributed by atoms with Gasteiger partial charge in [0.15, 0.2) is 0 Å². The summed E-state index contributed by atoms with van der Waals surface area (Å²) in [5.41, 5.74) is 2.10. The number of rotatable bonds is 4. The highest BCUT2D eigenvalue weighted by Gasteiger charge is 2.31. The fourth-order valence-corrected chi connectivity index (χ4v) is 4.06. The van der Waals surface area contributed by atoms with Crippen LogP contribution in [0.1, 0.15) is 21.5 Å². The van der Waals surface area contributed by atoms with Crippen LogP contribution in [0.3, 0.4) is 0 Å². The van der Waals surface area contributed by atoms with Crippen LogP contribution in [0.15, 0.2) is 67.0 Å². The Kier molecular flexibility index (Phi) is 7.14. The fourth-order valence-electron chi connectivity index (χ4n) is 4.06. The molecule has 0 spiro atoms. The normalized spacial score (nSPS) is 13.9. The van der Waals surface area contributed by atoms with Crippen LogP contribution in [0.25, 0.3) is 0 Å². The van der Waals surface area contributed by atoms with Crippen molar-refractivity contribution in [2.75, 3.05) is 43.4 Å².